The third-order valence-electron chi connectivity index (χ3n) is 3.60. The summed E-state index contributed by atoms with van der Waals surface area (Å²) < 4.78 is 6.05. The highest BCUT2D eigenvalue weighted by Gasteiger charge is 2.33. The fraction of sp³-hybridized carbons (Fsp3) is 0.706. The van der Waals surface area contributed by atoms with E-state index in [1.807, 2.05) is 19.2 Å². The van der Waals surface area contributed by atoms with Gasteiger partial charge in [0.1, 0.15) is 0 Å². The minimum absolute atomic E-state index is 0.0678. The van der Waals surface area contributed by atoms with Gasteiger partial charge in [-0.3, -0.25) is 4.98 Å². The van der Waals surface area contributed by atoms with Crippen molar-refractivity contribution in [3.05, 3.63) is 24.0 Å². The van der Waals surface area contributed by atoms with E-state index >= 15 is 0 Å². The van der Waals surface area contributed by atoms with E-state index in [9.17, 15) is 0 Å². The zero-order valence-electron chi connectivity index (χ0n) is 14.1. The van der Waals surface area contributed by atoms with E-state index < -0.39 is 0 Å². The van der Waals surface area contributed by atoms with Crippen LogP contribution < -0.4 is 11.1 Å². The molecule has 0 saturated carbocycles. The fourth-order valence-electron chi connectivity index (χ4n) is 2.61. The van der Waals surface area contributed by atoms with Gasteiger partial charge in [-0.05, 0) is 43.4 Å². The normalized spacial score (nSPS) is 14.9. The van der Waals surface area contributed by atoms with Crippen molar-refractivity contribution in [2.45, 2.75) is 59.6 Å². The summed E-state index contributed by atoms with van der Waals surface area (Å²) in [6.07, 6.45) is 5.66. The Morgan fingerprint density at radius 2 is 2.05 bits per heavy atom. The number of hydrogen-bond acceptors (Lipinski definition) is 4. The smallest absolute Gasteiger partial charge is 0.0779 e. The van der Waals surface area contributed by atoms with Crippen molar-refractivity contribution in [2.24, 2.45) is 5.41 Å². The Labute approximate surface area is 129 Å². The number of rotatable bonds is 8. The molecule has 1 rings (SSSR count). The van der Waals surface area contributed by atoms with Crippen molar-refractivity contribution in [2.75, 3.05) is 18.9 Å². The van der Waals surface area contributed by atoms with Crippen LogP contribution in [0, 0.1) is 5.41 Å². The molecule has 1 aromatic rings. The highest BCUT2D eigenvalue weighted by atomic mass is 16.5. The molecule has 120 valence electrons. The Bertz CT molecular complexity index is 415. The number of anilines is 1. The molecular weight excluding hydrogens is 262 g/mol. The Balaban J connectivity index is 2.94. The lowest BCUT2D eigenvalue weighted by molar-refractivity contribution is -0.0354. The average molecular weight is 293 g/mol. The number of pyridine rings is 1. The number of hydrogen-bond donors (Lipinski definition) is 2. The second kappa shape index (κ2) is 8.35. The molecule has 0 saturated heterocycles. The largest absolute Gasteiger partial charge is 0.398 e. The Hall–Kier alpha value is -1.13. The molecule has 0 bridgehead atoms. The molecule has 0 radical (unpaired) electrons. The summed E-state index contributed by atoms with van der Waals surface area (Å²) in [7, 11) is 0. The van der Waals surface area contributed by atoms with Gasteiger partial charge in [-0.25, -0.2) is 0 Å². The number of aromatic nitrogens is 1. The summed E-state index contributed by atoms with van der Waals surface area (Å²) in [6, 6.07) is 2.09. The van der Waals surface area contributed by atoms with Gasteiger partial charge in [-0.1, -0.05) is 27.7 Å². The van der Waals surface area contributed by atoms with E-state index in [0.29, 0.717) is 0 Å². The van der Waals surface area contributed by atoms with Gasteiger partial charge in [0.25, 0.3) is 0 Å². The van der Waals surface area contributed by atoms with Crippen LogP contribution in [0.5, 0.6) is 0 Å². The Kier molecular flexibility index (Phi) is 7.12. The van der Waals surface area contributed by atoms with Crippen molar-refractivity contribution >= 4 is 5.69 Å². The van der Waals surface area contributed by atoms with Gasteiger partial charge in [0.05, 0.1) is 6.10 Å². The molecule has 0 aromatic carbocycles. The van der Waals surface area contributed by atoms with Crippen LogP contribution in [0.4, 0.5) is 5.69 Å². The molecule has 3 N–H and O–H groups in total. The summed E-state index contributed by atoms with van der Waals surface area (Å²) in [4.78, 5) is 4.20. The maximum Gasteiger partial charge on any atom is 0.0779 e. The standard InChI is InChI=1S/C17H31N3O/c1-6-9-20-15(16(21-7-2)17(3,4)5)11-13-12-19-10-8-14(13)18/h8,10,12,15-16,20H,6-7,9,11H2,1-5H3,(H2,18,19). The second-order valence-corrected chi connectivity index (χ2v) is 6.58. The lowest BCUT2D eigenvalue weighted by Gasteiger charge is -2.37. The zero-order valence-corrected chi connectivity index (χ0v) is 14.1. The zero-order chi connectivity index (χ0) is 15.9. The molecule has 0 spiro atoms. The van der Waals surface area contributed by atoms with E-state index in [-0.39, 0.29) is 17.6 Å². The van der Waals surface area contributed by atoms with Gasteiger partial charge in [-0.15, -0.1) is 0 Å². The number of nitrogen functional groups attached to an aromatic ring is 1. The first-order chi connectivity index (χ1) is 9.90. The van der Waals surface area contributed by atoms with Crippen molar-refractivity contribution in [1.82, 2.24) is 10.3 Å². The maximum absolute atomic E-state index is 6.07. The predicted molar refractivity (Wildman–Crippen MR) is 89.3 cm³/mol. The highest BCUT2D eigenvalue weighted by molar-refractivity contribution is 5.44. The van der Waals surface area contributed by atoms with Crippen LogP contribution in [0.1, 0.15) is 46.6 Å². The maximum atomic E-state index is 6.07. The van der Waals surface area contributed by atoms with E-state index in [0.717, 1.165) is 37.2 Å². The number of nitrogens with zero attached hydrogens (tertiary/aromatic N) is 1. The van der Waals surface area contributed by atoms with Crippen LogP contribution in [0.15, 0.2) is 18.5 Å². The van der Waals surface area contributed by atoms with E-state index in [4.69, 9.17) is 10.5 Å². The highest BCUT2D eigenvalue weighted by Crippen LogP contribution is 2.27. The molecule has 1 aromatic heterocycles. The summed E-state index contributed by atoms with van der Waals surface area (Å²) in [6.45, 7) is 12.6. The van der Waals surface area contributed by atoms with Gasteiger partial charge in [0.15, 0.2) is 0 Å². The van der Waals surface area contributed by atoms with Crippen molar-refractivity contribution in [1.29, 1.82) is 0 Å². The fourth-order valence-corrected chi connectivity index (χ4v) is 2.61. The lowest BCUT2D eigenvalue weighted by atomic mass is 9.82. The Morgan fingerprint density at radius 3 is 2.57 bits per heavy atom. The van der Waals surface area contributed by atoms with Crippen LogP contribution in [0.3, 0.4) is 0 Å². The quantitative estimate of drug-likeness (QED) is 0.773. The first-order valence-corrected chi connectivity index (χ1v) is 7.93. The molecule has 4 nitrogen and oxygen atoms in total. The minimum Gasteiger partial charge on any atom is -0.398 e. The molecule has 0 aliphatic heterocycles. The molecule has 2 atom stereocenters. The summed E-state index contributed by atoms with van der Waals surface area (Å²) in [5, 5.41) is 3.63. The molecule has 0 aliphatic carbocycles. The van der Waals surface area contributed by atoms with E-state index in [1.54, 1.807) is 6.20 Å². The first kappa shape index (κ1) is 17.9. The predicted octanol–water partition coefficient (Wildman–Crippen LogP) is 3.03. The minimum atomic E-state index is 0.0678. The van der Waals surface area contributed by atoms with Crippen molar-refractivity contribution < 1.29 is 4.74 Å². The molecule has 4 heteroatoms. The molecule has 1 heterocycles. The molecule has 21 heavy (non-hydrogen) atoms. The molecule has 0 aliphatic rings. The monoisotopic (exact) mass is 293 g/mol. The number of ether oxygens (including phenoxy) is 1. The Morgan fingerprint density at radius 1 is 1.33 bits per heavy atom. The van der Waals surface area contributed by atoms with Crippen LogP contribution in [0.2, 0.25) is 0 Å². The van der Waals surface area contributed by atoms with Gasteiger partial charge >= 0.3 is 0 Å². The molecule has 2 unspecified atom stereocenters. The first-order valence-electron chi connectivity index (χ1n) is 7.93. The molecule has 0 fully saturated rings. The van der Waals surface area contributed by atoms with E-state index in [2.05, 4.69) is 38.0 Å². The summed E-state index contributed by atoms with van der Waals surface area (Å²) >= 11 is 0. The van der Waals surface area contributed by atoms with Crippen LogP contribution in [-0.2, 0) is 11.2 Å². The van der Waals surface area contributed by atoms with Gasteiger partial charge in [0, 0.05) is 30.7 Å². The molecular formula is C17H31N3O. The van der Waals surface area contributed by atoms with Crippen LogP contribution >= 0.6 is 0 Å². The summed E-state index contributed by atoms with van der Waals surface area (Å²) in [5.74, 6) is 0. The van der Waals surface area contributed by atoms with Gasteiger partial charge in [-0.2, -0.15) is 0 Å². The number of nitrogens with two attached hydrogens (primary N) is 1. The third-order valence-corrected chi connectivity index (χ3v) is 3.60. The summed E-state index contributed by atoms with van der Waals surface area (Å²) in [5.41, 5.74) is 8.03. The van der Waals surface area contributed by atoms with Crippen LogP contribution in [-0.4, -0.2) is 30.3 Å². The second-order valence-electron chi connectivity index (χ2n) is 6.58. The number of nitrogens with one attached hydrogen (secondary N) is 1. The van der Waals surface area contributed by atoms with Gasteiger partial charge in [0.2, 0.25) is 0 Å². The third kappa shape index (κ3) is 5.64. The van der Waals surface area contributed by atoms with E-state index in [1.165, 1.54) is 0 Å². The van der Waals surface area contributed by atoms with Gasteiger partial charge < -0.3 is 15.8 Å². The van der Waals surface area contributed by atoms with Crippen LogP contribution in [0.25, 0.3) is 0 Å². The average Bonchev–Trinajstić information content (AvgIpc) is 2.42. The SMILES string of the molecule is CCCNC(Cc1cnccc1N)C(OCC)C(C)(C)C. The van der Waals surface area contributed by atoms with Crippen molar-refractivity contribution in [3.63, 3.8) is 0 Å². The van der Waals surface area contributed by atoms with Crippen molar-refractivity contribution in [3.8, 4) is 0 Å². The topological polar surface area (TPSA) is 60.2 Å². The molecule has 0 amide bonds. The lowest BCUT2D eigenvalue weighted by Crippen LogP contribution is -2.49.